The van der Waals surface area contributed by atoms with Gasteiger partial charge in [0.05, 0.1) is 0 Å². The molecule has 0 spiro atoms. The first-order chi connectivity index (χ1) is 5.66. The van der Waals surface area contributed by atoms with Gasteiger partial charge in [-0.3, -0.25) is 0 Å². The first kappa shape index (κ1) is 12.0. The maximum absolute atomic E-state index is 6.20. The molecule has 1 unspecified atom stereocenters. The Morgan fingerprint density at radius 3 is 1.67 bits per heavy atom. The van der Waals surface area contributed by atoms with E-state index in [9.17, 15) is 0 Å². The van der Waals surface area contributed by atoms with Gasteiger partial charge in [-0.05, 0) is 31.1 Å². The van der Waals surface area contributed by atoms with E-state index in [2.05, 4.69) is 27.7 Å². The SMILES string of the molecule is CCCC(N)C(CC)(CC)CC. The minimum absolute atomic E-state index is 0.405. The highest BCUT2D eigenvalue weighted by molar-refractivity contribution is 4.85. The Kier molecular flexibility index (Phi) is 5.56. The maximum Gasteiger partial charge on any atom is 0.00951 e. The lowest BCUT2D eigenvalue weighted by Gasteiger charge is -2.36. The van der Waals surface area contributed by atoms with Gasteiger partial charge < -0.3 is 5.73 Å². The largest absolute Gasteiger partial charge is 0.327 e. The van der Waals surface area contributed by atoms with Crippen LogP contribution in [-0.4, -0.2) is 6.04 Å². The molecule has 0 rings (SSSR count). The van der Waals surface area contributed by atoms with Gasteiger partial charge in [-0.2, -0.15) is 0 Å². The van der Waals surface area contributed by atoms with Gasteiger partial charge in [-0.15, -0.1) is 0 Å². The predicted octanol–water partition coefficient (Wildman–Crippen LogP) is 3.33. The zero-order valence-corrected chi connectivity index (χ0v) is 9.19. The first-order valence-electron chi connectivity index (χ1n) is 5.42. The number of hydrogen-bond acceptors (Lipinski definition) is 1. The standard InChI is InChI=1S/C11H25N/c1-5-9-10(12)11(6-2,7-3)8-4/h10H,5-9,12H2,1-4H3. The lowest BCUT2D eigenvalue weighted by molar-refractivity contribution is 0.184. The Morgan fingerprint density at radius 1 is 1.00 bits per heavy atom. The summed E-state index contributed by atoms with van der Waals surface area (Å²) in [6, 6.07) is 0.405. The van der Waals surface area contributed by atoms with Crippen LogP contribution in [0, 0.1) is 5.41 Å². The van der Waals surface area contributed by atoms with Gasteiger partial charge in [0.25, 0.3) is 0 Å². The summed E-state index contributed by atoms with van der Waals surface area (Å²) in [4.78, 5) is 0. The summed E-state index contributed by atoms with van der Waals surface area (Å²) >= 11 is 0. The summed E-state index contributed by atoms with van der Waals surface area (Å²) in [5, 5.41) is 0. The maximum atomic E-state index is 6.20. The molecule has 0 aliphatic rings. The van der Waals surface area contributed by atoms with Crippen LogP contribution in [0.3, 0.4) is 0 Å². The van der Waals surface area contributed by atoms with Crippen molar-refractivity contribution in [2.24, 2.45) is 11.1 Å². The molecule has 0 saturated heterocycles. The molecule has 0 aliphatic carbocycles. The van der Waals surface area contributed by atoms with Gasteiger partial charge in [0, 0.05) is 6.04 Å². The Bertz CT molecular complexity index is 97.3. The third kappa shape index (κ3) is 2.48. The second-order valence-electron chi connectivity index (χ2n) is 3.82. The summed E-state index contributed by atoms with van der Waals surface area (Å²) in [5.74, 6) is 0. The summed E-state index contributed by atoms with van der Waals surface area (Å²) in [5.41, 5.74) is 6.61. The van der Waals surface area contributed by atoms with Crippen LogP contribution in [0.25, 0.3) is 0 Å². The molecule has 0 saturated carbocycles. The van der Waals surface area contributed by atoms with Crippen molar-refractivity contribution in [3.63, 3.8) is 0 Å². The van der Waals surface area contributed by atoms with E-state index < -0.39 is 0 Å². The van der Waals surface area contributed by atoms with Crippen LogP contribution in [0.15, 0.2) is 0 Å². The Labute approximate surface area is 77.7 Å². The monoisotopic (exact) mass is 171 g/mol. The third-order valence-corrected chi connectivity index (χ3v) is 3.50. The van der Waals surface area contributed by atoms with E-state index in [4.69, 9.17) is 5.73 Å². The van der Waals surface area contributed by atoms with Gasteiger partial charge in [0.1, 0.15) is 0 Å². The molecule has 0 amide bonds. The Hall–Kier alpha value is -0.0400. The van der Waals surface area contributed by atoms with Crippen molar-refractivity contribution in [1.29, 1.82) is 0 Å². The lowest BCUT2D eigenvalue weighted by Crippen LogP contribution is -2.40. The summed E-state index contributed by atoms with van der Waals surface area (Å²) < 4.78 is 0. The second kappa shape index (κ2) is 5.58. The van der Waals surface area contributed by atoms with E-state index >= 15 is 0 Å². The third-order valence-electron chi connectivity index (χ3n) is 3.50. The summed E-state index contributed by atoms with van der Waals surface area (Å²) in [7, 11) is 0. The quantitative estimate of drug-likeness (QED) is 0.652. The minimum atomic E-state index is 0.405. The highest BCUT2D eigenvalue weighted by atomic mass is 14.7. The van der Waals surface area contributed by atoms with Gasteiger partial charge >= 0.3 is 0 Å². The highest BCUT2D eigenvalue weighted by Crippen LogP contribution is 2.34. The van der Waals surface area contributed by atoms with Gasteiger partial charge in [-0.25, -0.2) is 0 Å². The van der Waals surface area contributed by atoms with Crippen molar-refractivity contribution in [1.82, 2.24) is 0 Å². The molecule has 2 N–H and O–H groups in total. The van der Waals surface area contributed by atoms with E-state index in [1.165, 1.54) is 32.1 Å². The molecular formula is C11H25N. The molecular weight excluding hydrogens is 146 g/mol. The topological polar surface area (TPSA) is 26.0 Å². The first-order valence-corrected chi connectivity index (χ1v) is 5.42. The summed E-state index contributed by atoms with van der Waals surface area (Å²) in [6.45, 7) is 9.01. The molecule has 0 radical (unpaired) electrons. The van der Waals surface area contributed by atoms with E-state index in [-0.39, 0.29) is 0 Å². The average molecular weight is 171 g/mol. The Morgan fingerprint density at radius 2 is 1.42 bits per heavy atom. The zero-order chi connectivity index (χ0) is 9.61. The van der Waals surface area contributed by atoms with Crippen LogP contribution in [0.1, 0.15) is 59.8 Å². The molecule has 1 atom stereocenters. The smallest absolute Gasteiger partial charge is 0.00951 e. The number of nitrogens with two attached hydrogens (primary N) is 1. The van der Waals surface area contributed by atoms with E-state index in [0.29, 0.717) is 11.5 Å². The fourth-order valence-electron chi connectivity index (χ4n) is 2.15. The molecule has 0 fully saturated rings. The minimum Gasteiger partial charge on any atom is -0.327 e. The molecule has 0 bridgehead atoms. The van der Waals surface area contributed by atoms with Gasteiger partial charge in [0.15, 0.2) is 0 Å². The molecule has 1 nitrogen and oxygen atoms in total. The van der Waals surface area contributed by atoms with Crippen molar-refractivity contribution >= 4 is 0 Å². The molecule has 1 heteroatoms. The van der Waals surface area contributed by atoms with Crippen molar-refractivity contribution in [3.8, 4) is 0 Å². The molecule has 0 aromatic carbocycles. The van der Waals surface area contributed by atoms with Crippen LogP contribution in [-0.2, 0) is 0 Å². The lowest BCUT2D eigenvalue weighted by atomic mass is 9.72. The van der Waals surface area contributed by atoms with Crippen molar-refractivity contribution in [3.05, 3.63) is 0 Å². The number of hydrogen-bond donors (Lipinski definition) is 1. The van der Waals surface area contributed by atoms with Gasteiger partial charge in [0.2, 0.25) is 0 Å². The fraction of sp³-hybridized carbons (Fsp3) is 1.00. The van der Waals surface area contributed by atoms with Crippen LogP contribution in [0.2, 0.25) is 0 Å². The van der Waals surface area contributed by atoms with Crippen molar-refractivity contribution in [2.75, 3.05) is 0 Å². The number of rotatable bonds is 6. The van der Waals surface area contributed by atoms with Crippen molar-refractivity contribution in [2.45, 2.75) is 65.8 Å². The van der Waals surface area contributed by atoms with Crippen LogP contribution < -0.4 is 5.73 Å². The van der Waals surface area contributed by atoms with Crippen LogP contribution in [0.4, 0.5) is 0 Å². The highest BCUT2D eigenvalue weighted by Gasteiger charge is 2.30. The van der Waals surface area contributed by atoms with Crippen molar-refractivity contribution < 1.29 is 0 Å². The molecule has 0 aromatic heterocycles. The molecule has 0 aromatic rings. The normalized spacial score (nSPS) is 14.8. The average Bonchev–Trinajstić information content (AvgIpc) is 2.09. The second-order valence-corrected chi connectivity index (χ2v) is 3.82. The van der Waals surface area contributed by atoms with Crippen LogP contribution in [0.5, 0.6) is 0 Å². The van der Waals surface area contributed by atoms with Crippen LogP contribution >= 0.6 is 0 Å². The van der Waals surface area contributed by atoms with E-state index in [1.807, 2.05) is 0 Å². The van der Waals surface area contributed by atoms with E-state index in [0.717, 1.165) is 0 Å². The fourth-order valence-corrected chi connectivity index (χ4v) is 2.15. The molecule has 0 heterocycles. The van der Waals surface area contributed by atoms with E-state index in [1.54, 1.807) is 0 Å². The predicted molar refractivity (Wildman–Crippen MR) is 56.2 cm³/mol. The molecule has 74 valence electrons. The molecule has 0 aliphatic heterocycles. The summed E-state index contributed by atoms with van der Waals surface area (Å²) in [6.07, 6.45) is 6.06. The Balaban J connectivity index is 4.24. The zero-order valence-electron chi connectivity index (χ0n) is 9.19. The van der Waals surface area contributed by atoms with Gasteiger partial charge in [-0.1, -0.05) is 34.1 Å². The molecule has 12 heavy (non-hydrogen) atoms.